The van der Waals surface area contributed by atoms with E-state index >= 15 is 0 Å². The van der Waals surface area contributed by atoms with E-state index in [9.17, 15) is 4.79 Å². The predicted octanol–water partition coefficient (Wildman–Crippen LogP) is 5.32. The average Bonchev–Trinajstić information content (AvgIpc) is 2.61. The van der Waals surface area contributed by atoms with E-state index in [2.05, 4.69) is 4.99 Å². The fraction of sp³-hybridized carbons (Fsp3) is 0. The summed E-state index contributed by atoms with van der Waals surface area (Å²) < 4.78 is 0. The molecule has 0 radical (unpaired) electrons. The maximum atomic E-state index is 12.5. The first-order valence-corrected chi connectivity index (χ1v) is 7.59. The monoisotopic (exact) mass is 319 g/mol. The average molecular weight is 320 g/mol. The SMILES string of the molecule is O=C(c1ccccc1)c1cccc(C=Nc2ccc(Cl)cc2)c1. The molecule has 0 aliphatic carbocycles. The van der Waals surface area contributed by atoms with Crippen LogP contribution < -0.4 is 0 Å². The number of carbonyl (C=O) groups excluding carboxylic acids is 1. The van der Waals surface area contributed by atoms with Crippen LogP contribution in [0.2, 0.25) is 5.02 Å². The Hall–Kier alpha value is -2.71. The number of nitrogens with zero attached hydrogens (tertiary/aromatic N) is 1. The summed E-state index contributed by atoms with van der Waals surface area (Å²) in [5.41, 5.74) is 3.02. The quantitative estimate of drug-likeness (QED) is 0.472. The molecule has 23 heavy (non-hydrogen) atoms. The second-order valence-corrected chi connectivity index (χ2v) is 5.49. The van der Waals surface area contributed by atoms with Gasteiger partial charge < -0.3 is 0 Å². The lowest BCUT2D eigenvalue weighted by Gasteiger charge is -2.02. The van der Waals surface area contributed by atoms with Crippen LogP contribution in [-0.2, 0) is 0 Å². The third kappa shape index (κ3) is 3.93. The summed E-state index contributed by atoms with van der Waals surface area (Å²) >= 11 is 5.85. The molecule has 0 amide bonds. The highest BCUT2D eigenvalue weighted by atomic mass is 35.5. The van der Waals surface area contributed by atoms with Gasteiger partial charge in [-0.25, -0.2) is 0 Å². The zero-order valence-corrected chi connectivity index (χ0v) is 13.1. The van der Waals surface area contributed by atoms with Crippen molar-refractivity contribution in [1.82, 2.24) is 0 Å². The first-order valence-electron chi connectivity index (χ1n) is 7.22. The van der Waals surface area contributed by atoms with Crippen LogP contribution in [0.1, 0.15) is 21.5 Å². The van der Waals surface area contributed by atoms with E-state index in [1.165, 1.54) is 0 Å². The predicted molar refractivity (Wildman–Crippen MR) is 95.0 cm³/mol. The lowest BCUT2D eigenvalue weighted by molar-refractivity contribution is 0.103. The van der Waals surface area contributed by atoms with Gasteiger partial charge in [-0.1, -0.05) is 60.1 Å². The highest BCUT2D eigenvalue weighted by molar-refractivity contribution is 6.30. The molecular formula is C20H14ClNO. The van der Waals surface area contributed by atoms with Crippen molar-refractivity contribution >= 4 is 29.3 Å². The summed E-state index contributed by atoms with van der Waals surface area (Å²) in [5.74, 6) is 0.00680. The zero-order valence-electron chi connectivity index (χ0n) is 12.3. The van der Waals surface area contributed by atoms with E-state index in [0.29, 0.717) is 16.1 Å². The Balaban J connectivity index is 1.82. The number of ketones is 1. The number of carbonyl (C=O) groups is 1. The highest BCUT2D eigenvalue weighted by Gasteiger charge is 2.08. The third-order valence-corrected chi connectivity index (χ3v) is 3.63. The summed E-state index contributed by atoms with van der Waals surface area (Å²) in [5, 5.41) is 0.680. The number of hydrogen-bond acceptors (Lipinski definition) is 2. The van der Waals surface area contributed by atoms with Gasteiger partial charge in [-0.3, -0.25) is 9.79 Å². The molecule has 0 spiro atoms. The Morgan fingerprint density at radius 2 is 1.52 bits per heavy atom. The van der Waals surface area contributed by atoms with E-state index in [1.54, 1.807) is 18.3 Å². The van der Waals surface area contributed by atoms with Crippen molar-refractivity contribution in [3.8, 4) is 0 Å². The van der Waals surface area contributed by atoms with Crippen molar-refractivity contribution in [3.63, 3.8) is 0 Å². The summed E-state index contributed by atoms with van der Waals surface area (Å²) in [7, 11) is 0. The van der Waals surface area contributed by atoms with Gasteiger partial charge in [0, 0.05) is 22.4 Å². The fourth-order valence-electron chi connectivity index (χ4n) is 2.19. The van der Waals surface area contributed by atoms with Crippen LogP contribution in [0, 0.1) is 0 Å². The lowest BCUT2D eigenvalue weighted by Crippen LogP contribution is -2.01. The van der Waals surface area contributed by atoms with Crippen LogP contribution in [0.4, 0.5) is 5.69 Å². The highest BCUT2D eigenvalue weighted by Crippen LogP contribution is 2.17. The van der Waals surface area contributed by atoms with Crippen LogP contribution in [0.15, 0.2) is 83.9 Å². The first kappa shape index (κ1) is 15.2. The van der Waals surface area contributed by atoms with E-state index in [-0.39, 0.29) is 5.78 Å². The van der Waals surface area contributed by atoms with Gasteiger partial charge in [0.2, 0.25) is 0 Å². The number of halogens is 1. The van der Waals surface area contributed by atoms with Crippen LogP contribution >= 0.6 is 11.6 Å². The molecule has 112 valence electrons. The molecular weight excluding hydrogens is 306 g/mol. The molecule has 3 rings (SSSR count). The van der Waals surface area contributed by atoms with Crippen molar-refractivity contribution in [2.45, 2.75) is 0 Å². The molecule has 0 heterocycles. The number of rotatable bonds is 4. The Bertz CT molecular complexity index is 839. The van der Waals surface area contributed by atoms with Crippen molar-refractivity contribution in [3.05, 3.63) is 101 Å². The summed E-state index contributed by atoms with van der Waals surface area (Å²) in [6.45, 7) is 0. The maximum absolute atomic E-state index is 12.5. The summed E-state index contributed by atoms with van der Waals surface area (Å²) in [6.07, 6.45) is 1.74. The summed E-state index contributed by atoms with van der Waals surface area (Å²) in [6, 6.07) is 24.0. The molecule has 0 atom stereocenters. The van der Waals surface area contributed by atoms with Crippen molar-refractivity contribution in [1.29, 1.82) is 0 Å². The van der Waals surface area contributed by atoms with Gasteiger partial charge in [0.15, 0.2) is 5.78 Å². The summed E-state index contributed by atoms with van der Waals surface area (Å²) in [4.78, 5) is 16.8. The Labute approximate surface area is 140 Å². The van der Waals surface area contributed by atoms with Crippen molar-refractivity contribution in [2.24, 2.45) is 4.99 Å². The molecule has 0 bridgehead atoms. The third-order valence-electron chi connectivity index (χ3n) is 3.37. The van der Waals surface area contributed by atoms with Crippen LogP contribution in [-0.4, -0.2) is 12.0 Å². The molecule has 0 fully saturated rings. The smallest absolute Gasteiger partial charge is 0.193 e. The first-order chi connectivity index (χ1) is 11.2. The van der Waals surface area contributed by atoms with E-state index in [4.69, 9.17) is 11.6 Å². The molecule has 3 aromatic carbocycles. The van der Waals surface area contributed by atoms with Crippen molar-refractivity contribution in [2.75, 3.05) is 0 Å². The second kappa shape index (κ2) is 7.03. The van der Waals surface area contributed by atoms with Gasteiger partial charge in [0.1, 0.15) is 0 Å². The number of hydrogen-bond donors (Lipinski definition) is 0. The Kier molecular flexibility index (Phi) is 4.65. The molecule has 0 aliphatic rings. The molecule has 3 aromatic rings. The Morgan fingerprint density at radius 1 is 0.826 bits per heavy atom. The minimum absolute atomic E-state index is 0.00680. The molecule has 0 saturated heterocycles. The molecule has 2 nitrogen and oxygen atoms in total. The van der Waals surface area contributed by atoms with Crippen LogP contribution in [0.5, 0.6) is 0 Å². The number of benzene rings is 3. The number of aliphatic imine (C=N–C) groups is 1. The van der Waals surface area contributed by atoms with E-state index < -0.39 is 0 Å². The minimum atomic E-state index is 0.00680. The minimum Gasteiger partial charge on any atom is -0.289 e. The van der Waals surface area contributed by atoms with E-state index in [0.717, 1.165) is 11.3 Å². The zero-order chi connectivity index (χ0) is 16.1. The largest absolute Gasteiger partial charge is 0.289 e. The molecule has 0 N–H and O–H groups in total. The molecule has 0 saturated carbocycles. The topological polar surface area (TPSA) is 29.4 Å². The molecule has 0 unspecified atom stereocenters. The van der Waals surface area contributed by atoms with E-state index in [1.807, 2.05) is 66.7 Å². The molecule has 0 aliphatic heterocycles. The fourth-order valence-corrected chi connectivity index (χ4v) is 2.32. The van der Waals surface area contributed by atoms with Crippen LogP contribution in [0.25, 0.3) is 0 Å². The Morgan fingerprint density at radius 3 is 2.26 bits per heavy atom. The molecule has 0 aromatic heterocycles. The molecule has 3 heteroatoms. The second-order valence-electron chi connectivity index (χ2n) is 5.06. The van der Waals surface area contributed by atoms with Gasteiger partial charge in [-0.15, -0.1) is 0 Å². The van der Waals surface area contributed by atoms with Crippen LogP contribution in [0.3, 0.4) is 0 Å². The van der Waals surface area contributed by atoms with Gasteiger partial charge >= 0.3 is 0 Å². The standard InChI is InChI=1S/C20H14ClNO/c21-18-9-11-19(12-10-18)22-14-15-5-4-8-17(13-15)20(23)16-6-2-1-3-7-16/h1-14H. The van der Waals surface area contributed by atoms with Gasteiger partial charge in [0.25, 0.3) is 0 Å². The normalized spacial score (nSPS) is 10.8. The van der Waals surface area contributed by atoms with Gasteiger partial charge in [-0.05, 0) is 35.9 Å². The maximum Gasteiger partial charge on any atom is 0.193 e. The van der Waals surface area contributed by atoms with Gasteiger partial charge in [-0.2, -0.15) is 0 Å². The van der Waals surface area contributed by atoms with Gasteiger partial charge in [0.05, 0.1) is 5.69 Å². The van der Waals surface area contributed by atoms with Crippen molar-refractivity contribution < 1.29 is 4.79 Å². The lowest BCUT2D eigenvalue weighted by atomic mass is 10.0.